The number of hydrogen-bond donors (Lipinski definition) is 2. The van der Waals surface area contributed by atoms with Crippen molar-refractivity contribution in [3.05, 3.63) is 0 Å². The minimum atomic E-state index is 0.441. The SMILES string of the molecule is CCC(C)(C)CNCC1CCCC(N)C1. The summed E-state index contributed by atoms with van der Waals surface area (Å²) in [6.07, 6.45) is 6.39. The predicted molar refractivity (Wildman–Crippen MR) is 66.9 cm³/mol. The molecular weight excluding hydrogens is 184 g/mol. The molecule has 3 N–H and O–H groups in total. The Bertz CT molecular complexity index is 177. The van der Waals surface area contributed by atoms with Gasteiger partial charge in [-0.05, 0) is 43.6 Å². The van der Waals surface area contributed by atoms with Gasteiger partial charge in [0.05, 0.1) is 0 Å². The molecular formula is C13H28N2. The van der Waals surface area contributed by atoms with Gasteiger partial charge in [0.1, 0.15) is 0 Å². The lowest BCUT2D eigenvalue weighted by molar-refractivity contribution is 0.277. The minimum Gasteiger partial charge on any atom is -0.328 e. The highest BCUT2D eigenvalue weighted by Gasteiger charge is 2.20. The van der Waals surface area contributed by atoms with Gasteiger partial charge in [-0.2, -0.15) is 0 Å². The third-order valence-electron chi connectivity index (χ3n) is 3.82. The van der Waals surface area contributed by atoms with Crippen LogP contribution in [-0.2, 0) is 0 Å². The second-order valence-corrected chi connectivity index (χ2v) is 5.94. The van der Waals surface area contributed by atoms with Crippen LogP contribution in [0.3, 0.4) is 0 Å². The zero-order valence-electron chi connectivity index (χ0n) is 10.7. The van der Waals surface area contributed by atoms with Crippen LogP contribution in [0.15, 0.2) is 0 Å². The highest BCUT2D eigenvalue weighted by molar-refractivity contribution is 4.78. The van der Waals surface area contributed by atoms with E-state index < -0.39 is 0 Å². The van der Waals surface area contributed by atoms with E-state index in [-0.39, 0.29) is 0 Å². The number of rotatable bonds is 5. The van der Waals surface area contributed by atoms with Crippen LogP contribution in [0.1, 0.15) is 52.9 Å². The Kier molecular flexibility index (Phi) is 5.07. The second-order valence-electron chi connectivity index (χ2n) is 5.94. The van der Waals surface area contributed by atoms with Crippen LogP contribution in [0.25, 0.3) is 0 Å². The number of nitrogens with one attached hydrogen (secondary N) is 1. The maximum absolute atomic E-state index is 5.98. The molecule has 2 heteroatoms. The lowest BCUT2D eigenvalue weighted by Gasteiger charge is -2.29. The molecule has 1 aliphatic rings. The molecule has 2 nitrogen and oxygen atoms in total. The molecule has 15 heavy (non-hydrogen) atoms. The van der Waals surface area contributed by atoms with Gasteiger partial charge in [0, 0.05) is 12.6 Å². The van der Waals surface area contributed by atoms with Gasteiger partial charge >= 0.3 is 0 Å². The standard InChI is InChI=1S/C13H28N2/c1-4-13(2,3)10-15-9-11-6-5-7-12(14)8-11/h11-12,15H,4-10,14H2,1-3H3. The van der Waals surface area contributed by atoms with Crippen molar-refractivity contribution >= 4 is 0 Å². The van der Waals surface area contributed by atoms with Crippen LogP contribution >= 0.6 is 0 Å². The summed E-state index contributed by atoms with van der Waals surface area (Å²) in [7, 11) is 0. The van der Waals surface area contributed by atoms with E-state index in [2.05, 4.69) is 26.1 Å². The molecule has 0 aromatic rings. The molecule has 0 radical (unpaired) electrons. The van der Waals surface area contributed by atoms with E-state index in [1.54, 1.807) is 0 Å². The molecule has 0 heterocycles. The van der Waals surface area contributed by atoms with Gasteiger partial charge in [0.25, 0.3) is 0 Å². The highest BCUT2D eigenvalue weighted by atomic mass is 14.9. The van der Waals surface area contributed by atoms with Crippen molar-refractivity contribution in [2.24, 2.45) is 17.1 Å². The molecule has 0 aliphatic heterocycles. The predicted octanol–water partition coefficient (Wildman–Crippen LogP) is 2.53. The molecule has 0 bridgehead atoms. The molecule has 1 saturated carbocycles. The maximum Gasteiger partial charge on any atom is 0.00419 e. The first-order chi connectivity index (χ1) is 7.03. The van der Waals surface area contributed by atoms with Crippen LogP contribution in [0.2, 0.25) is 0 Å². The van der Waals surface area contributed by atoms with Crippen molar-refractivity contribution in [1.82, 2.24) is 5.32 Å². The van der Waals surface area contributed by atoms with Crippen LogP contribution < -0.4 is 11.1 Å². The van der Waals surface area contributed by atoms with Crippen molar-refractivity contribution in [2.75, 3.05) is 13.1 Å². The topological polar surface area (TPSA) is 38.0 Å². The molecule has 1 fully saturated rings. The number of hydrogen-bond acceptors (Lipinski definition) is 2. The summed E-state index contributed by atoms with van der Waals surface area (Å²) in [5, 5.41) is 3.61. The average Bonchev–Trinajstić information content (AvgIpc) is 2.18. The summed E-state index contributed by atoms with van der Waals surface area (Å²) in [6, 6.07) is 0.463. The zero-order chi connectivity index (χ0) is 11.3. The molecule has 0 saturated heterocycles. The molecule has 90 valence electrons. The lowest BCUT2D eigenvalue weighted by Crippen LogP contribution is -2.36. The van der Waals surface area contributed by atoms with E-state index in [4.69, 9.17) is 5.73 Å². The Hall–Kier alpha value is -0.0800. The smallest absolute Gasteiger partial charge is 0.00419 e. The summed E-state index contributed by atoms with van der Waals surface area (Å²) in [4.78, 5) is 0. The largest absolute Gasteiger partial charge is 0.328 e. The van der Waals surface area contributed by atoms with Gasteiger partial charge in [-0.25, -0.2) is 0 Å². The molecule has 2 unspecified atom stereocenters. The molecule has 0 amide bonds. The van der Waals surface area contributed by atoms with Crippen molar-refractivity contribution in [3.63, 3.8) is 0 Å². The Morgan fingerprint density at radius 2 is 2.07 bits per heavy atom. The first-order valence-electron chi connectivity index (χ1n) is 6.50. The first kappa shape index (κ1) is 13.0. The fraction of sp³-hybridized carbons (Fsp3) is 1.00. The summed E-state index contributed by atoms with van der Waals surface area (Å²) < 4.78 is 0. The summed E-state index contributed by atoms with van der Waals surface area (Å²) in [5.41, 5.74) is 6.42. The summed E-state index contributed by atoms with van der Waals surface area (Å²) >= 11 is 0. The van der Waals surface area contributed by atoms with Gasteiger partial charge in [0.2, 0.25) is 0 Å². The number of nitrogens with two attached hydrogens (primary N) is 1. The summed E-state index contributed by atoms with van der Waals surface area (Å²) in [5.74, 6) is 0.821. The normalized spacial score (nSPS) is 28.0. The quantitative estimate of drug-likeness (QED) is 0.735. The molecule has 1 aliphatic carbocycles. The van der Waals surface area contributed by atoms with Gasteiger partial charge in [0.15, 0.2) is 0 Å². The van der Waals surface area contributed by atoms with E-state index in [9.17, 15) is 0 Å². The van der Waals surface area contributed by atoms with E-state index >= 15 is 0 Å². The second kappa shape index (κ2) is 5.86. The van der Waals surface area contributed by atoms with E-state index in [0.717, 1.165) is 19.0 Å². The molecule has 0 spiro atoms. The zero-order valence-corrected chi connectivity index (χ0v) is 10.7. The Labute approximate surface area is 95.0 Å². The lowest BCUT2D eigenvalue weighted by atomic mass is 9.85. The van der Waals surface area contributed by atoms with Crippen LogP contribution in [0.5, 0.6) is 0 Å². The van der Waals surface area contributed by atoms with Gasteiger partial charge in [-0.1, -0.05) is 27.2 Å². The maximum atomic E-state index is 5.98. The van der Waals surface area contributed by atoms with Crippen molar-refractivity contribution in [1.29, 1.82) is 0 Å². The van der Waals surface area contributed by atoms with Crippen LogP contribution in [0.4, 0.5) is 0 Å². The van der Waals surface area contributed by atoms with E-state index in [0.29, 0.717) is 11.5 Å². The fourth-order valence-electron chi connectivity index (χ4n) is 2.26. The van der Waals surface area contributed by atoms with Crippen molar-refractivity contribution in [3.8, 4) is 0 Å². The van der Waals surface area contributed by atoms with Crippen molar-refractivity contribution < 1.29 is 0 Å². The summed E-state index contributed by atoms with van der Waals surface area (Å²) in [6.45, 7) is 9.21. The average molecular weight is 212 g/mol. The monoisotopic (exact) mass is 212 g/mol. The third kappa shape index (κ3) is 4.98. The van der Waals surface area contributed by atoms with Crippen LogP contribution in [0, 0.1) is 11.3 Å². The fourth-order valence-corrected chi connectivity index (χ4v) is 2.26. The molecule has 0 aromatic carbocycles. The van der Waals surface area contributed by atoms with Gasteiger partial charge < -0.3 is 11.1 Å². The highest BCUT2D eigenvalue weighted by Crippen LogP contribution is 2.23. The van der Waals surface area contributed by atoms with E-state index in [1.807, 2.05) is 0 Å². The Balaban J connectivity index is 2.14. The third-order valence-corrected chi connectivity index (χ3v) is 3.82. The molecule has 2 atom stereocenters. The molecule has 1 rings (SSSR count). The van der Waals surface area contributed by atoms with Gasteiger partial charge in [-0.3, -0.25) is 0 Å². The molecule has 0 aromatic heterocycles. The Morgan fingerprint density at radius 1 is 1.33 bits per heavy atom. The van der Waals surface area contributed by atoms with Gasteiger partial charge in [-0.15, -0.1) is 0 Å². The first-order valence-corrected chi connectivity index (χ1v) is 6.50. The van der Waals surface area contributed by atoms with E-state index in [1.165, 1.54) is 32.1 Å². The van der Waals surface area contributed by atoms with Crippen LogP contribution in [-0.4, -0.2) is 19.1 Å². The van der Waals surface area contributed by atoms with Crippen molar-refractivity contribution in [2.45, 2.75) is 58.9 Å². The Morgan fingerprint density at radius 3 is 2.67 bits per heavy atom. The minimum absolute atomic E-state index is 0.441.